The highest BCUT2D eigenvalue weighted by molar-refractivity contribution is 5.76. The maximum Gasteiger partial charge on any atom is 0.305 e. The molecule has 0 spiro atoms. The van der Waals surface area contributed by atoms with Crippen LogP contribution in [0.2, 0.25) is 0 Å². The number of nitrogens with one attached hydrogen (secondary N) is 1. The zero-order valence-corrected chi connectivity index (χ0v) is 60.0. The highest BCUT2D eigenvalue weighted by Crippen LogP contribution is 2.20. The Labute approximate surface area is 551 Å². The summed E-state index contributed by atoms with van der Waals surface area (Å²) >= 11 is 0. The highest BCUT2D eigenvalue weighted by atomic mass is 16.5. The molecular formula is C82H159NO5. The first-order chi connectivity index (χ1) is 43.5. The van der Waals surface area contributed by atoms with Gasteiger partial charge in [-0.25, -0.2) is 0 Å². The molecule has 2 atom stereocenters. The number of hydrogen-bond acceptors (Lipinski definition) is 5. The smallest absolute Gasteiger partial charge is 0.305 e. The Bertz CT molecular complexity index is 1380. The van der Waals surface area contributed by atoms with E-state index in [4.69, 9.17) is 4.74 Å². The highest BCUT2D eigenvalue weighted by Gasteiger charge is 2.20. The van der Waals surface area contributed by atoms with Gasteiger partial charge in [-0.2, -0.15) is 0 Å². The van der Waals surface area contributed by atoms with E-state index in [0.717, 1.165) is 51.4 Å². The zero-order chi connectivity index (χ0) is 63.5. The van der Waals surface area contributed by atoms with Crippen molar-refractivity contribution in [2.45, 2.75) is 475 Å². The molecule has 0 aromatic rings. The number of rotatable bonds is 77. The summed E-state index contributed by atoms with van der Waals surface area (Å²) in [5.41, 5.74) is 0. The summed E-state index contributed by atoms with van der Waals surface area (Å²) in [5, 5.41) is 23.5. The van der Waals surface area contributed by atoms with Crippen molar-refractivity contribution < 1.29 is 24.5 Å². The molecule has 0 heterocycles. The average Bonchev–Trinajstić information content (AvgIpc) is 3.57. The van der Waals surface area contributed by atoms with Gasteiger partial charge in [0, 0.05) is 12.8 Å². The third-order valence-corrected chi connectivity index (χ3v) is 19.3. The molecule has 0 aromatic heterocycles. The second kappa shape index (κ2) is 77.8. The van der Waals surface area contributed by atoms with Crippen molar-refractivity contribution in [1.82, 2.24) is 5.32 Å². The minimum absolute atomic E-state index is 0.0180. The molecule has 0 bridgehead atoms. The van der Waals surface area contributed by atoms with Gasteiger partial charge >= 0.3 is 5.97 Å². The van der Waals surface area contributed by atoms with Crippen LogP contribution in [0.1, 0.15) is 463 Å². The van der Waals surface area contributed by atoms with Crippen LogP contribution in [-0.2, 0) is 14.3 Å². The molecule has 88 heavy (non-hydrogen) atoms. The molecule has 0 saturated heterocycles. The molecule has 3 N–H and O–H groups in total. The van der Waals surface area contributed by atoms with Crippen LogP contribution in [0.25, 0.3) is 0 Å². The predicted molar refractivity (Wildman–Crippen MR) is 389 cm³/mol. The second-order valence-corrected chi connectivity index (χ2v) is 28.1. The van der Waals surface area contributed by atoms with Crippen molar-refractivity contribution in [3.05, 3.63) is 24.3 Å². The Balaban J connectivity index is 3.32. The molecule has 6 heteroatoms. The number of carbonyl (C=O) groups is 2. The number of ether oxygens (including phenoxy) is 1. The molecule has 6 nitrogen and oxygen atoms in total. The van der Waals surface area contributed by atoms with Crippen LogP contribution in [-0.4, -0.2) is 47.4 Å². The Kier molecular flexibility index (Phi) is 76.3. The Morgan fingerprint density at radius 3 is 0.886 bits per heavy atom. The molecular weight excluding hydrogens is 1080 g/mol. The molecule has 522 valence electrons. The first-order valence-corrected chi connectivity index (χ1v) is 40.6. The minimum atomic E-state index is -0.662. The molecule has 0 aliphatic carbocycles. The molecule has 0 saturated carbocycles. The second-order valence-electron chi connectivity index (χ2n) is 28.1. The number of aliphatic hydroxyl groups excluding tert-OH is 2. The van der Waals surface area contributed by atoms with Gasteiger partial charge in [0.05, 0.1) is 25.4 Å². The van der Waals surface area contributed by atoms with Crippen LogP contribution >= 0.6 is 0 Å². The van der Waals surface area contributed by atoms with Crippen molar-refractivity contribution in [3.63, 3.8) is 0 Å². The lowest BCUT2D eigenvalue weighted by molar-refractivity contribution is -0.143. The summed E-state index contributed by atoms with van der Waals surface area (Å²) in [7, 11) is 0. The topological polar surface area (TPSA) is 95.9 Å². The van der Waals surface area contributed by atoms with Crippen LogP contribution < -0.4 is 5.32 Å². The summed E-state index contributed by atoms with van der Waals surface area (Å²) in [6.45, 7) is 4.98. The summed E-state index contributed by atoms with van der Waals surface area (Å²) in [5.74, 6) is -0.00722. The van der Waals surface area contributed by atoms with E-state index in [1.807, 2.05) is 0 Å². The van der Waals surface area contributed by atoms with E-state index in [1.165, 1.54) is 379 Å². The quantitative estimate of drug-likeness (QED) is 0.0320. The summed E-state index contributed by atoms with van der Waals surface area (Å²) in [4.78, 5) is 24.7. The lowest BCUT2D eigenvalue weighted by Gasteiger charge is -2.22. The standard InChI is InChI=1S/C82H159NO5/c1-3-5-7-9-11-13-15-17-19-21-23-35-39-42-46-50-54-58-62-66-70-74-80(85)79(78-84)83-81(86)75-71-67-63-59-55-51-47-43-40-36-33-31-29-27-25-24-26-28-30-32-34-37-41-45-49-53-57-61-65-69-73-77-88-82(87)76-72-68-64-60-56-52-48-44-38-22-20-18-16-14-12-10-8-6-4-2/h12,14,18,20,79-80,84-85H,3-11,13,15-17,19,21-78H2,1-2H3,(H,83,86)/b14-12-,20-18-. The van der Waals surface area contributed by atoms with Gasteiger partial charge in [0.1, 0.15) is 0 Å². The van der Waals surface area contributed by atoms with Crippen molar-refractivity contribution in [3.8, 4) is 0 Å². The summed E-state index contributed by atoms with van der Waals surface area (Å²) in [6, 6.07) is -0.539. The maximum atomic E-state index is 12.6. The van der Waals surface area contributed by atoms with E-state index in [-0.39, 0.29) is 18.5 Å². The number of amides is 1. The number of esters is 1. The van der Waals surface area contributed by atoms with E-state index < -0.39 is 12.1 Å². The normalized spacial score (nSPS) is 12.5. The number of unbranched alkanes of at least 4 members (excludes halogenated alkanes) is 62. The fourth-order valence-electron chi connectivity index (χ4n) is 13.1. The fourth-order valence-corrected chi connectivity index (χ4v) is 13.1. The van der Waals surface area contributed by atoms with Crippen molar-refractivity contribution in [2.24, 2.45) is 0 Å². The lowest BCUT2D eigenvalue weighted by Crippen LogP contribution is -2.45. The van der Waals surface area contributed by atoms with Gasteiger partial charge < -0.3 is 20.3 Å². The van der Waals surface area contributed by atoms with Crippen molar-refractivity contribution >= 4 is 11.9 Å². The maximum absolute atomic E-state index is 12.6. The van der Waals surface area contributed by atoms with Gasteiger partial charge in [0.15, 0.2) is 0 Å². The van der Waals surface area contributed by atoms with Crippen molar-refractivity contribution in [1.29, 1.82) is 0 Å². The predicted octanol–water partition coefficient (Wildman–Crippen LogP) is 26.8. The van der Waals surface area contributed by atoms with Crippen molar-refractivity contribution in [2.75, 3.05) is 13.2 Å². The van der Waals surface area contributed by atoms with Crippen LogP contribution in [0.15, 0.2) is 24.3 Å². The van der Waals surface area contributed by atoms with Crippen LogP contribution in [0, 0.1) is 0 Å². The number of allylic oxidation sites excluding steroid dienone is 4. The minimum Gasteiger partial charge on any atom is -0.466 e. The molecule has 0 aromatic carbocycles. The molecule has 0 aliphatic heterocycles. The van der Waals surface area contributed by atoms with Crippen LogP contribution in [0.3, 0.4) is 0 Å². The third kappa shape index (κ3) is 73.4. The molecule has 0 aliphatic rings. The van der Waals surface area contributed by atoms with Gasteiger partial charge in [-0.1, -0.05) is 417 Å². The van der Waals surface area contributed by atoms with Crippen LogP contribution in [0.5, 0.6) is 0 Å². The molecule has 2 unspecified atom stereocenters. The van der Waals surface area contributed by atoms with E-state index in [0.29, 0.717) is 25.9 Å². The largest absolute Gasteiger partial charge is 0.466 e. The van der Waals surface area contributed by atoms with E-state index >= 15 is 0 Å². The number of aliphatic hydroxyl groups is 2. The lowest BCUT2D eigenvalue weighted by atomic mass is 10.0. The Hall–Kier alpha value is -1.66. The number of hydrogen-bond donors (Lipinski definition) is 3. The molecule has 1 amide bonds. The Morgan fingerprint density at radius 1 is 0.318 bits per heavy atom. The first-order valence-electron chi connectivity index (χ1n) is 40.6. The van der Waals surface area contributed by atoms with E-state index in [1.54, 1.807) is 0 Å². The molecule has 0 radical (unpaired) electrons. The Morgan fingerprint density at radius 2 is 0.568 bits per heavy atom. The summed E-state index contributed by atoms with van der Waals surface area (Å²) < 4.78 is 5.52. The first kappa shape index (κ1) is 86.3. The van der Waals surface area contributed by atoms with E-state index in [2.05, 4.69) is 43.5 Å². The van der Waals surface area contributed by atoms with E-state index in [9.17, 15) is 19.8 Å². The summed E-state index contributed by atoms with van der Waals surface area (Å²) in [6.07, 6.45) is 99.9. The third-order valence-electron chi connectivity index (χ3n) is 19.3. The number of carbonyl (C=O) groups excluding carboxylic acids is 2. The average molecular weight is 1240 g/mol. The fraction of sp³-hybridized carbons (Fsp3) is 0.927. The van der Waals surface area contributed by atoms with Gasteiger partial charge in [-0.3, -0.25) is 9.59 Å². The zero-order valence-electron chi connectivity index (χ0n) is 60.0. The SMILES string of the molecule is CCCCC/C=C\C/C=C\CCCCCCCCCCCC(=O)OCCCCCCCCCCCCCCCCCCCCCCCCCCCCCCCCCC(=O)NC(CO)C(O)CCCCCCCCCCCCCCCCCCCCCCC. The van der Waals surface area contributed by atoms with Gasteiger partial charge in [0.25, 0.3) is 0 Å². The van der Waals surface area contributed by atoms with Gasteiger partial charge in [-0.05, 0) is 57.8 Å². The van der Waals surface area contributed by atoms with Gasteiger partial charge in [0.2, 0.25) is 5.91 Å². The van der Waals surface area contributed by atoms with Gasteiger partial charge in [-0.15, -0.1) is 0 Å². The molecule has 0 rings (SSSR count). The van der Waals surface area contributed by atoms with Crippen LogP contribution in [0.4, 0.5) is 0 Å². The monoisotopic (exact) mass is 1240 g/mol. The molecule has 0 fully saturated rings.